The molecule has 0 rings (SSSR count). The molecule has 0 saturated carbocycles. The van der Waals surface area contributed by atoms with Crippen molar-refractivity contribution in [3.05, 3.63) is 24.8 Å². The molecule has 1 amide bonds. The molecule has 0 aromatic heterocycles. The lowest BCUT2D eigenvalue weighted by atomic mass is 10.4. The summed E-state index contributed by atoms with van der Waals surface area (Å²) < 4.78 is 0. The Labute approximate surface area is 64.2 Å². The Kier molecular flexibility index (Phi) is 4.47. The van der Waals surface area contributed by atoms with E-state index in [1.54, 1.807) is 0 Å². The van der Waals surface area contributed by atoms with Crippen molar-refractivity contribution in [2.24, 2.45) is 0 Å². The minimum Gasteiger partial charge on any atom is -0.545 e. The van der Waals surface area contributed by atoms with Gasteiger partial charge in [0, 0.05) is 12.6 Å². The Morgan fingerprint density at radius 3 is 2.55 bits per heavy atom. The van der Waals surface area contributed by atoms with Crippen molar-refractivity contribution in [3.8, 4) is 0 Å². The van der Waals surface area contributed by atoms with Crippen LogP contribution in [0.15, 0.2) is 24.8 Å². The quantitative estimate of drug-likeness (QED) is 0.399. The molecule has 0 atom stereocenters. The standard InChI is InChI=1S/C7H9NO3/c1-2-5-8-6(9)3-4-7(10)11/h2-4H,1,5H2,(H,8,9)(H,10,11)/p-1. The van der Waals surface area contributed by atoms with Gasteiger partial charge in [0.15, 0.2) is 0 Å². The molecule has 0 aliphatic rings. The highest BCUT2D eigenvalue weighted by atomic mass is 16.4. The van der Waals surface area contributed by atoms with E-state index in [0.717, 1.165) is 6.08 Å². The van der Waals surface area contributed by atoms with Gasteiger partial charge in [-0.25, -0.2) is 0 Å². The molecular weight excluding hydrogens is 146 g/mol. The maximum atomic E-state index is 10.6. The first kappa shape index (κ1) is 9.42. The number of hydrogen-bond acceptors (Lipinski definition) is 3. The van der Waals surface area contributed by atoms with Crippen molar-refractivity contribution in [3.63, 3.8) is 0 Å². The topological polar surface area (TPSA) is 69.2 Å². The fourth-order valence-corrected chi connectivity index (χ4v) is 0.375. The number of hydrogen-bond donors (Lipinski definition) is 1. The summed E-state index contributed by atoms with van der Waals surface area (Å²) in [5, 5.41) is 12.1. The van der Waals surface area contributed by atoms with Gasteiger partial charge in [-0.15, -0.1) is 6.58 Å². The Balaban J connectivity index is 3.68. The SMILES string of the molecule is C=CCNC(=O)C=CC(=O)[O-]. The highest BCUT2D eigenvalue weighted by Crippen LogP contribution is 1.71. The van der Waals surface area contributed by atoms with Crippen molar-refractivity contribution in [1.29, 1.82) is 0 Å². The lowest BCUT2D eigenvalue weighted by Crippen LogP contribution is -2.23. The van der Waals surface area contributed by atoms with Crippen molar-refractivity contribution in [2.75, 3.05) is 6.54 Å². The molecule has 0 radical (unpaired) electrons. The van der Waals surface area contributed by atoms with E-state index in [-0.39, 0.29) is 0 Å². The van der Waals surface area contributed by atoms with Crippen LogP contribution < -0.4 is 10.4 Å². The zero-order valence-corrected chi connectivity index (χ0v) is 5.87. The van der Waals surface area contributed by atoms with Gasteiger partial charge in [-0.1, -0.05) is 6.08 Å². The highest BCUT2D eigenvalue weighted by Gasteiger charge is 1.89. The van der Waals surface area contributed by atoms with Gasteiger partial charge >= 0.3 is 0 Å². The molecule has 60 valence electrons. The maximum absolute atomic E-state index is 10.6. The predicted molar refractivity (Wildman–Crippen MR) is 37.4 cm³/mol. The first-order chi connectivity index (χ1) is 5.16. The molecular formula is C7H8NO3-. The lowest BCUT2D eigenvalue weighted by Gasteiger charge is -1.95. The number of aliphatic carboxylic acids is 1. The van der Waals surface area contributed by atoms with Gasteiger partial charge in [0.2, 0.25) is 5.91 Å². The number of carboxylic acids is 1. The van der Waals surface area contributed by atoms with Gasteiger partial charge in [-0.3, -0.25) is 4.79 Å². The zero-order valence-electron chi connectivity index (χ0n) is 5.87. The van der Waals surface area contributed by atoms with E-state index in [1.807, 2.05) is 0 Å². The molecule has 11 heavy (non-hydrogen) atoms. The van der Waals surface area contributed by atoms with E-state index < -0.39 is 11.9 Å². The molecule has 0 aromatic rings. The molecule has 0 fully saturated rings. The van der Waals surface area contributed by atoms with Crippen molar-refractivity contribution < 1.29 is 14.7 Å². The van der Waals surface area contributed by atoms with Crippen LogP contribution in [0.3, 0.4) is 0 Å². The number of carbonyl (C=O) groups excluding carboxylic acids is 2. The highest BCUT2D eigenvalue weighted by molar-refractivity contribution is 5.93. The van der Waals surface area contributed by atoms with Gasteiger partial charge in [0.1, 0.15) is 0 Å². The van der Waals surface area contributed by atoms with Crippen LogP contribution in [-0.2, 0) is 9.59 Å². The van der Waals surface area contributed by atoms with Crippen LogP contribution in [0.2, 0.25) is 0 Å². The van der Waals surface area contributed by atoms with Crippen molar-refractivity contribution in [1.82, 2.24) is 5.32 Å². The van der Waals surface area contributed by atoms with Crippen molar-refractivity contribution in [2.45, 2.75) is 0 Å². The second-order valence-corrected chi connectivity index (χ2v) is 1.69. The second kappa shape index (κ2) is 5.22. The summed E-state index contributed by atoms with van der Waals surface area (Å²) in [6, 6.07) is 0. The molecule has 0 saturated heterocycles. The Morgan fingerprint density at radius 2 is 2.09 bits per heavy atom. The number of carboxylic acid groups (broad SMARTS) is 1. The molecule has 0 spiro atoms. The third kappa shape index (κ3) is 6.30. The fraction of sp³-hybridized carbons (Fsp3) is 0.143. The van der Waals surface area contributed by atoms with Crippen molar-refractivity contribution >= 4 is 11.9 Å². The molecule has 1 N–H and O–H groups in total. The summed E-state index contributed by atoms with van der Waals surface area (Å²) in [4.78, 5) is 20.3. The summed E-state index contributed by atoms with van der Waals surface area (Å²) >= 11 is 0. The Morgan fingerprint density at radius 1 is 1.45 bits per heavy atom. The second-order valence-electron chi connectivity index (χ2n) is 1.69. The van der Waals surface area contributed by atoms with Gasteiger partial charge in [0.05, 0.1) is 5.97 Å². The molecule has 0 aliphatic heterocycles. The minimum atomic E-state index is -1.39. The van der Waals surface area contributed by atoms with E-state index in [2.05, 4.69) is 11.9 Å². The minimum absolute atomic E-state index is 0.316. The monoisotopic (exact) mass is 154 g/mol. The summed E-state index contributed by atoms with van der Waals surface area (Å²) in [6.45, 7) is 3.68. The van der Waals surface area contributed by atoms with Crippen LogP contribution in [0.25, 0.3) is 0 Å². The number of carbonyl (C=O) groups is 2. The van der Waals surface area contributed by atoms with Crippen LogP contribution in [0, 0.1) is 0 Å². The summed E-state index contributed by atoms with van der Waals surface area (Å²) in [5.74, 6) is -1.87. The van der Waals surface area contributed by atoms with Crippen LogP contribution >= 0.6 is 0 Å². The molecule has 0 heterocycles. The Bertz CT molecular complexity index is 196. The first-order valence-corrected chi connectivity index (χ1v) is 2.94. The number of nitrogens with one attached hydrogen (secondary N) is 1. The van der Waals surface area contributed by atoms with E-state index in [4.69, 9.17) is 0 Å². The van der Waals surface area contributed by atoms with Gasteiger partial charge in [-0.2, -0.15) is 0 Å². The smallest absolute Gasteiger partial charge is 0.244 e. The summed E-state index contributed by atoms with van der Waals surface area (Å²) in [5.41, 5.74) is 0. The van der Waals surface area contributed by atoms with E-state index in [1.165, 1.54) is 6.08 Å². The normalized spacial score (nSPS) is 9.45. The van der Waals surface area contributed by atoms with Gasteiger partial charge in [0.25, 0.3) is 0 Å². The third-order valence-corrected chi connectivity index (χ3v) is 0.791. The van der Waals surface area contributed by atoms with Crippen LogP contribution in [0.4, 0.5) is 0 Å². The summed E-state index contributed by atoms with van der Waals surface area (Å²) in [6.07, 6.45) is 3.04. The molecule has 0 unspecified atom stereocenters. The fourth-order valence-electron chi connectivity index (χ4n) is 0.375. The predicted octanol–water partition coefficient (Wildman–Crippen LogP) is -1.41. The molecule has 4 heteroatoms. The Hall–Kier alpha value is -1.58. The van der Waals surface area contributed by atoms with E-state index in [9.17, 15) is 14.7 Å². The van der Waals surface area contributed by atoms with E-state index in [0.29, 0.717) is 12.6 Å². The zero-order chi connectivity index (χ0) is 8.69. The first-order valence-electron chi connectivity index (χ1n) is 2.94. The molecule has 0 aliphatic carbocycles. The van der Waals surface area contributed by atoms with Gasteiger partial charge < -0.3 is 15.2 Å². The lowest BCUT2D eigenvalue weighted by molar-refractivity contribution is -0.297. The van der Waals surface area contributed by atoms with Crippen LogP contribution in [0.5, 0.6) is 0 Å². The molecule has 0 bridgehead atoms. The molecule has 4 nitrogen and oxygen atoms in total. The number of rotatable bonds is 4. The van der Waals surface area contributed by atoms with Gasteiger partial charge in [-0.05, 0) is 6.08 Å². The summed E-state index contributed by atoms with van der Waals surface area (Å²) in [7, 11) is 0. The largest absolute Gasteiger partial charge is 0.545 e. The van der Waals surface area contributed by atoms with Crippen LogP contribution in [0.1, 0.15) is 0 Å². The maximum Gasteiger partial charge on any atom is 0.244 e. The average Bonchev–Trinajstić information content (AvgIpc) is 1.97. The van der Waals surface area contributed by atoms with Crippen LogP contribution in [-0.4, -0.2) is 18.4 Å². The number of amides is 1. The van der Waals surface area contributed by atoms with E-state index >= 15 is 0 Å². The third-order valence-electron chi connectivity index (χ3n) is 0.791. The average molecular weight is 154 g/mol. The molecule has 0 aromatic carbocycles.